The first-order valence-corrected chi connectivity index (χ1v) is 9.51. The monoisotopic (exact) mass is 465 g/mol. The first-order valence-electron chi connectivity index (χ1n) is 8.72. The van der Waals surface area contributed by atoms with Crippen LogP contribution in [0.5, 0.6) is 0 Å². The minimum atomic E-state index is -4.50. The van der Waals surface area contributed by atoms with Crippen molar-refractivity contribution in [1.29, 1.82) is 0 Å². The number of benzene rings is 1. The van der Waals surface area contributed by atoms with Gasteiger partial charge < -0.3 is 10.6 Å². The van der Waals surface area contributed by atoms with Crippen molar-refractivity contribution in [2.45, 2.75) is 24.7 Å². The van der Waals surface area contributed by atoms with Gasteiger partial charge in [-0.3, -0.25) is 4.79 Å². The lowest BCUT2D eigenvalue weighted by atomic mass is 9.97. The maximum Gasteiger partial charge on any atom is 0.410 e. The van der Waals surface area contributed by atoms with Gasteiger partial charge in [0, 0.05) is 23.2 Å². The molecule has 2 N–H and O–H groups in total. The molecule has 3 aromatic rings. The second-order valence-corrected chi connectivity index (χ2v) is 7.49. The molecule has 1 aliphatic heterocycles. The number of aromatic nitrogens is 3. The minimum absolute atomic E-state index is 0.125. The quantitative estimate of drug-likeness (QED) is 0.573. The van der Waals surface area contributed by atoms with E-state index in [4.69, 9.17) is 0 Å². The van der Waals surface area contributed by atoms with E-state index in [2.05, 4.69) is 36.6 Å². The number of carbonyl (C=O) groups is 1. The molecule has 29 heavy (non-hydrogen) atoms. The molecule has 2 aromatic heterocycles. The Balaban J connectivity index is 1.63. The van der Waals surface area contributed by atoms with Crippen LogP contribution in [0.25, 0.3) is 0 Å². The molecule has 0 fully saturated rings. The lowest BCUT2D eigenvalue weighted by Gasteiger charge is -2.33. The SMILES string of the molecule is O=C(Nc1ccc(Br)cn1)c1cc2n(n1)[C@H](C(F)(F)F)C[C@@H](c1ccccc1)N2. The number of pyridine rings is 1. The Hall–Kier alpha value is -2.88. The largest absolute Gasteiger partial charge is 0.410 e. The van der Waals surface area contributed by atoms with E-state index in [1.807, 2.05) is 0 Å². The fourth-order valence-electron chi connectivity index (χ4n) is 3.22. The highest BCUT2D eigenvalue weighted by atomic mass is 79.9. The van der Waals surface area contributed by atoms with Crippen LogP contribution in [0.1, 0.15) is 34.6 Å². The third-order valence-corrected chi connectivity index (χ3v) is 5.06. The number of halogens is 4. The molecule has 1 aliphatic rings. The van der Waals surface area contributed by atoms with Gasteiger partial charge in [0.1, 0.15) is 11.6 Å². The van der Waals surface area contributed by atoms with E-state index in [0.717, 1.165) is 14.7 Å². The number of nitrogens with one attached hydrogen (secondary N) is 2. The van der Waals surface area contributed by atoms with Crippen molar-refractivity contribution >= 4 is 33.5 Å². The number of anilines is 2. The number of carbonyl (C=O) groups excluding carboxylic acids is 1. The first kappa shape index (κ1) is 19.4. The van der Waals surface area contributed by atoms with Crippen LogP contribution in [0.15, 0.2) is 59.2 Å². The average Bonchev–Trinajstić information content (AvgIpc) is 3.13. The van der Waals surface area contributed by atoms with Crippen LogP contribution in [0.3, 0.4) is 0 Å². The van der Waals surface area contributed by atoms with E-state index >= 15 is 0 Å². The van der Waals surface area contributed by atoms with Crippen molar-refractivity contribution in [3.8, 4) is 0 Å². The third kappa shape index (κ3) is 4.12. The van der Waals surface area contributed by atoms with Crippen LogP contribution in [-0.4, -0.2) is 26.8 Å². The van der Waals surface area contributed by atoms with Crippen LogP contribution in [0.4, 0.5) is 24.8 Å². The van der Waals surface area contributed by atoms with Crippen molar-refractivity contribution in [1.82, 2.24) is 14.8 Å². The fraction of sp³-hybridized carbons (Fsp3) is 0.211. The summed E-state index contributed by atoms with van der Waals surface area (Å²) in [7, 11) is 0. The smallest absolute Gasteiger partial charge is 0.363 e. The maximum absolute atomic E-state index is 13.7. The average molecular weight is 466 g/mol. The van der Waals surface area contributed by atoms with E-state index in [0.29, 0.717) is 0 Å². The molecule has 150 valence electrons. The van der Waals surface area contributed by atoms with E-state index in [1.54, 1.807) is 42.5 Å². The van der Waals surface area contributed by atoms with Gasteiger partial charge in [-0.05, 0) is 33.6 Å². The van der Waals surface area contributed by atoms with Crippen molar-refractivity contribution in [2.24, 2.45) is 0 Å². The van der Waals surface area contributed by atoms with Crippen molar-refractivity contribution < 1.29 is 18.0 Å². The zero-order valence-electron chi connectivity index (χ0n) is 14.8. The molecule has 0 spiro atoms. The zero-order valence-corrected chi connectivity index (χ0v) is 16.4. The molecule has 0 saturated carbocycles. The summed E-state index contributed by atoms with van der Waals surface area (Å²) in [5.74, 6) is -0.228. The lowest BCUT2D eigenvalue weighted by molar-refractivity contribution is -0.173. The molecule has 4 rings (SSSR count). The summed E-state index contributed by atoms with van der Waals surface area (Å²) in [6, 6.07) is 11.1. The second-order valence-electron chi connectivity index (χ2n) is 6.58. The van der Waals surface area contributed by atoms with Crippen molar-refractivity contribution in [2.75, 3.05) is 10.6 Å². The van der Waals surface area contributed by atoms with Crippen LogP contribution < -0.4 is 10.6 Å². The molecule has 2 atom stereocenters. The summed E-state index contributed by atoms with van der Waals surface area (Å²) in [4.78, 5) is 16.5. The number of fused-ring (bicyclic) bond motifs is 1. The summed E-state index contributed by atoms with van der Waals surface area (Å²) in [5.41, 5.74) is 0.611. The minimum Gasteiger partial charge on any atom is -0.363 e. The number of nitrogens with zero attached hydrogens (tertiary/aromatic N) is 3. The Kier molecular flexibility index (Phi) is 5.03. The number of amides is 1. The molecule has 0 bridgehead atoms. The molecule has 1 aromatic carbocycles. The lowest BCUT2D eigenvalue weighted by Crippen LogP contribution is -2.35. The Morgan fingerprint density at radius 2 is 1.97 bits per heavy atom. The number of hydrogen-bond acceptors (Lipinski definition) is 4. The normalized spacial score (nSPS) is 18.6. The highest BCUT2D eigenvalue weighted by Gasteiger charge is 2.46. The third-order valence-electron chi connectivity index (χ3n) is 4.59. The van der Waals surface area contributed by atoms with E-state index in [1.165, 1.54) is 12.3 Å². The van der Waals surface area contributed by atoms with Gasteiger partial charge in [0.2, 0.25) is 0 Å². The Bertz CT molecular complexity index is 1020. The Morgan fingerprint density at radius 1 is 1.21 bits per heavy atom. The van der Waals surface area contributed by atoms with Gasteiger partial charge in [-0.1, -0.05) is 30.3 Å². The Labute approximate surface area is 172 Å². The Morgan fingerprint density at radius 3 is 2.62 bits per heavy atom. The van der Waals surface area contributed by atoms with E-state index in [-0.39, 0.29) is 23.8 Å². The van der Waals surface area contributed by atoms with Gasteiger partial charge in [-0.15, -0.1) is 0 Å². The summed E-state index contributed by atoms with van der Waals surface area (Å²) in [6.45, 7) is 0. The van der Waals surface area contributed by atoms with Gasteiger partial charge in [0.05, 0.1) is 6.04 Å². The topological polar surface area (TPSA) is 71.8 Å². The van der Waals surface area contributed by atoms with Gasteiger partial charge in [0.25, 0.3) is 5.91 Å². The second kappa shape index (κ2) is 7.51. The van der Waals surface area contributed by atoms with Gasteiger partial charge >= 0.3 is 6.18 Å². The van der Waals surface area contributed by atoms with Gasteiger partial charge in [-0.2, -0.15) is 18.3 Å². The van der Waals surface area contributed by atoms with Crippen molar-refractivity contribution in [3.05, 3.63) is 70.5 Å². The molecular formula is C19H15BrF3N5O. The number of rotatable bonds is 3. The number of hydrogen-bond donors (Lipinski definition) is 2. The van der Waals surface area contributed by atoms with E-state index < -0.39 is 24.2 Å². The molecule has 3 heterocycles. The predicted octanol–water partition coefficient (Wildman–Crippen LogP) is 4.95. The molecule has 0 unspecified atom stereocenters. The summed E-state index contributed by atoms with van der Waals surface area (Å²) >= 11 is 3.24. The van der Waals surface area contributed by atoms with Crippen LogP contribution in [0, 0.1) is 0 Å². The maximum atomic E-state index is 13.7. The van der Waals surface area contributed by atoms with Crippen LogP contribution in [0.2, 0.25) is 0 Å². The van der Waals surface area contributed by atoms with Crippen LogP contribution in [-0.2, 0) is 0 Å². The van der Waals surface area contributed by atoms with Gasteiger partial charge in [-0.25, -0.2) is 9.67 Å². The van der Waals surface area contributed by atoms with Gasteiger partial charge in [0.15, 0.2) is 11.7 Å². The zero-order chi connectivity index (χ0) is 20.6. The molecule has 0 saturated heterocycles. The molecule has 0 radical (unpaired) electrons. The summed E-state index contributed by atoms with van der Waals surface area (Å²) < 4.78 is 42.7. The fourth-order valence-corrected chi connectivity index (χ4v) is 3.45. The first-order chi connectivity index (χ1) is 13.8. The van der Waals surface area contributed by atoms with Crippen LogP contribution >= 0.6 is 15.9 Å². The predicted molar refractivity (Wildman–Crippen MR) is 105 cm³/mol. The highest BCUT2D eigenvalue weighted by Crippen LogP contribution is 2.43. The molecule has 10 heteroatoms. The standard InChI is InChI=1S/C19H15BrF3N5O/c20-12-6-7-16(24-10-12)26-18(29)14-9-17-25-13(11-4-2-1-3-5-11)8-15(19(21,22)23)28(17)27-14/h1-7,9-10,13,15,25H,8H2,(H,24,26,29)/t13-,15-/m0/s1. The van der Waals surface area contributed by atoms with Crippen molar-refractivity contribution in [3.63, 3.8) is 0 Å². The number of alkyl halides is 3. The molecule has 0 aliphatic carbocycles. The van der Waals surface area contributed by atoms with E-state index in [9.17, 15) is 18.0 Å². The molecular weight excluding hydrogens is 451 g/mol. The highest BCUT2D eigenvalue weighted by molar-refractivity contribution is 9.10. The molecule has 1 amide bonds. The summed E-state index contributed by atoms with van der Waals surface area (Å²) in [5, 5.41) is 9.52. The molecule has 6 nitrogen and oxygen atoms in total. The summed E-state index contributed by atoms with van der Waals surface area (Å²) in [6.07, 6.45) is -3.23.